The molecule has 1 fully saturated rings. The summed E-state index contributed by atoms with van der Waals surface area (Å²) >= 11 is 1.67. The third-order valence-corrected chi connectivity index (χ3v) is 6.87. The molecule has 4 rings (SSSR count). The lowest BCUT2D eigenvalue weighted by molar-refractivity contribution is -0.120. The van der Waals surface area contributed by atoms with Gasteiger partial charge >= 0.3 is 0 Å². The molecule has 1 aromatic carbocycles. The van der Waals surface area contributed by atoms with Gasteiger partial charge in [-0.2, -0.15) is 0 Å². The number of thiophene rings is 1. The molecule has 8 heteroatoms. The zero-order chi connectivity index (χ0) is 24.1. The molecule has 0 radical (unpaired) electrons. The van der Waals surface area contributed by atoms with Gasteiger partial charge in [0.1, 0.15) is 17.4 Å². The molecule has 1 aliphatic rings. The molecule has 0 aliphatic carbocycles. The number of methoxy groups -OCH3 is 1. The van der Waals surface area contributed by atoms with E-state index < -0.39 is 0 Å². The zero-order valence-electron chi connectivity index (χ0n) is 20.4. The highest BCUT2D eigenvalue weighted by molar-refractivity contribution is 7.09. The van der Waals surface area contributed by atoms with E-state index in [1.54, 1.807) is 18.4 Å². The summed E-state index contributed by atoms with van der Waals surface area (Å²) in [4.78, 5) is 30.4. The van der Waals surface area contributed by atoms with Crippen LogP contribution in [-0.4, -0.2) is 60.6 Å². The van der Waals surface area contributed by atoms with E-state index in [4.69, 9.17) is 9.72 Å². The van der Waals surface area contributed by atoms with Crippen molar-refractivity contribution in [3.8, 4) is 5.75 Å². The maximum Gasteiger partial charge on any atom is 0.241 e. The molecule has 7 nitrogen and oxygen atoms in total. The average molecular weight is 480 g/mol. The van der Waals surface area contributed by atoms with Crippen molar-refractivity contribution in [2.45, 2.75) is 33.2 Å². The second-order valence-corrected chi connectivity index (χ2v) is 9.93. The van der Waals surface area contributed by atoms with Crippen LogP contribution >= 0.6 is 11.3 Å². The Morgan fingerprint density at radius 3 is 2.47 bits per heavy atom. The molecule has 0 N–H and O–H groups in total. The summed E-state index contributed by atoms with van der Waals surface area (Å²) in [6, 6.07) is 13.9. The normalized spacial score (nSPS) is 14.4. The lowest BCUT2D eigenvalue weighted by atomic mass is 10.2. The van der Waals surface area contributed by atoms with Crippen molar-refractivity contribution in [3.05, 3.63) is 64.2 Å². The van der Waals surface area contributed by atoms with Crippen molar-refractivity contribution in [2.75, 3.05) is 49.6 Å². The fraction of sp³-hybridized carbons (Fsp3) is 0.423. The Kier molecular flexibility index (Phi) is 7.80. The first-order chi connectivity index (χ1) is 16.4. The quantitative estimate of drug-likeness (QED) is 0.479. The molecular formula is C26H33N5O2S. The van der Waals surface area contributed by atoms with Crippen LogP contribution in [0.3, 0.4) is 0 Å². The van der Waals surface area contributed by atoms with Crippen molar-refractivity contribution < 1.29 is 9.53 Å². The van der Waals surface area contributed by atoms with Crippen LogP contribution in [0.15, 0.2) is 47.8 Å². The first kappa shape index (κ1) is 24.2. The minimum Gasteiger partial charge on any atom is -0.497 e. The molecule has 2 aromatic heterocycles. The Balaban J connectivity index is 1.41. The first-order valence-corrected chi connectivity index (χ1v) is 12.6. The lowest BCUT2D eigenvalue weighted by Crippen LogP contribution is -2.50. The number of hydrogen-bond acceptors (Lipinski definition) is 7. The van der Waals surface area contributed by atoms with E-state index in [1.165, 1.54) is 0 Å². The van der Waals surface area contributed by atoms with Gasteiger partial charge in [0, 0.05) is 54.4 Å². The molecule has 0 atom stereocenters. The molecule has 34 heavy (non-hydrogen) atoms. The number of nitrogens with zero attached hydrogens (tertiary/aromatic N) is 5. The molecule has 0 unspecified atom stereocenters. The SMILES string of the molecule is COc1ccc(N(Cc2cccs2)C(=O)CN2CCN(c3cc(C)nc(C(C)C)n3)CC2)cc1. The molecular weight excluding hydrogens is 446 g/mol. The number of carbonyl (C=O) groups excluding carboxylic acids is 1. The molecule has 3 heterocycles. The number of rotatable bonds is 8. The predicted octanol–water partition coefficient (Wildman–Crippen LogP) is 4.33. The van der Waals surface area contributed by atoms with Gasteiger partial charge in [0.05, 0.1) is 20.2 Å². The number of aryl methyl sites for hydroxylation is 1. The lowest BCUT2D eigenvalue weighted by Gasteiger charge is -2.36. The van der Waals surface area contributed by atoms with Gasteiger partial charge in [-0.05, 0) is 42.6 Å². The number of carbonyl (C=O) groups is 1. The molecule has 0 bridgehead atoms. The van der Waals surface area contributed by atoms with Gasteiger partial charge in [-0.25, -0.2) is 9.97 Å². The van der Waals surface area contributed by atoms with E-state index in [0.29, 0.717) is 19.0 Å². The third-order valence-electron chi connectivity index (χ3n) is 6.01. The fourth-order valence-corrected chi connectivity index (χ4v) is 4.74. The summed E-state index contributed by atoms with van der Waals surface area (Å²) in [5.74, 6) is 3.05. The van der Waals surface area contributed by atoms with Crippen molar-refractivity contribution >= 4 is 28.7 Å². The second-order valence-electron chi connectivity index (χ2n) is 8.90. The van der Waals surface area contributed by atoms with Crippen LogP contribution in [0.5, 0.6) is 5.75 Å². The highest BCUT2D eigenvalue weighted by Crippen LogP contribution is 2.24. The van der Waals surface area contributed by atoms with Gasteiger partial charge in [-0.3, -0.25) is 9.69 Å². The van der Waals surface area contributed by atoms with Crippen LogP contribution in [-0.2, 0) is 11.3 Å². The van der Waals surface area contributed by atoms with E-state index in [9.17, 15) is 4.79 Å². The molecule has 1 aliphatic heterocycles. The third kappa shape index (κ3) is 5.93. The minimum absolute atomic E-state index is 0.104. The van der Waals surface area contributed by atoms with Gasteiger partial charge in [-0.15, -0.1) is 11.3 Å². The maximum absolute atomic E-state index is 13.4. The smallest absolute Gasteiger partial charge is 0.241 e. The van der Waals surface area contributed by atoms with Crippen LogP contribution in [0.4, 0.5) is 11.5 Å². The molecule has 1 amide bonds. The Morgan fingerprint density at radius 2 is 1.85 bits per heavy atom. The Hall–Kier alpha value is -2.97. The number of anilines is 2. The van der Waals surface area contributed by atoms with Crippen molar-refractivity contribution in [2.24, 2.45) is 0 Å². The Labute approximate surface area is 206 Å². The highest BCUT2D eigenvalue weighted by atomic mass is 32.1. The van der Waals surface area contributed by atoms with E-state index in [1.807, 2.05) is 47.5 Å². The summed E-state index contributed by atoms with van der Waals surface area (Å²) in [5, 5.41) is 2.05. The Morgan fingerprint density at radius 1 is 1.12 bits per heavy atom. The standard InChI is InChI=1S/C26H33N5O2S/c1-19(2)26-27-20(3)16-24(28-26)30-13-11-29(12-14-30)18-25(32)31(17-23-6-5-15-34-23)21-7-9-22(33-4)10-8-21/h5-10,15-16,19H,11-14,17-18H2,1-4H3. The topological polar surface area (TPSA) is 61.8 Å². The highest BCUT2D eigenvalue weighted by Gasteiger charge is 2.24. The molecule has 1 saturated heterocycles. The zero-order valence-corrected chi connectivity index (χ0v) is 21.2. The summed E-state index contributed by atoms with van der Waals surface area (Å²) in [6.07, 6.45) is 0. The van der Waals surface area contributed by atoms with E-state index in [0.717, 1.165) is 59.8 Å². The van der Waals surface area contributed by atoms with Crippen LogP contribution in [0, 0.1) is 6.92 Å². The first-order valence-electron chi connectivity index (χ1n) is 11.7. The van der Waals surface area contributed by atoms with Crippen LogP contribution < -0.4 is 14.5 Å². The van der Waals surface area contributed by atoms with Gasteiger partial charge in [-0.1, -0.05) is 19.9 Å². The number of aromatic nitrogens is 2. The summed E-state index contributed by atoms with van der Waals surface area (Å²) in [7, 11) is 1.65. The number of piperazine rings is 1. The largest absolute Gasteiger partial charge is 0.497 e. The van der Waals surface area contributed by atoms with Gasteiger partial charge in [0.2, 0.25) is 5.91 Å². The summed E-state index contributed by atoms with van der Waals surface area (Å²) in [5.41, 5.74) is 1.88. The molecule has 0 saturated carbocycles. The number of amides is 1. The maximum atomic E-state index is 13.4. The summed E-state index contributed by atoms with van der Waals surface area (Å²) < 4.78 is 5.29. The molecule has 180 valence electrons. The van der Waals surface area contributed by atoms with E-state index in [-0.39, 0.29) is 5.91 Å². The fourth-order valence-electron chi connectivity index (χ4n) is 4.05. The number of hydrogen-bond donors (Lipinski definition) is 0. The average Bonchev–Trinajstić information content (AvgIpc) is 3.36. The van der Waals surface area contributed by atoms with Crippen LogP contribution in [0.2, 0.25) is 0 Å². The number of benzene rings is 1. The van der Waals surface area contributed by atoms with E-state index in [2.05, 4.69) is 40.8 Å². The van der Waals surface area contributed by atoms with Crippen LogP contribution in [0.1, 0.15) is 36.2 Å². The van der Waals surface area contributed by atoms with Gasteiger partial charge in [0.25, 0.3) is 0 Å². The van der Waals surface area contributed by atoms with Gasteiger partial charge < -0.3 is 14.5 Å². The Bertz CT molecular complexity index is 1080. The minimum atomic E-state index is 0.104. The predicted molar refractivity (Wildman–Crippen MR) is 138 cm³/mol. The summed E-state index contributed by atoms with van der Waals surface area (Å²) in [6.45, 7) is 10.5. The second kappa shape index (κ2) is 11.0. The van der Waals surface area contributed by atoms with Crippen molar-refractivity contribution in [3.63, 3.8) is 0 Å². The van der Waals surface area contributed by atoms with Crippen molar-refractivity contribution in [1.29, 1.82) is 0 Å². The van der Waals surface area contributed by atoms with Crippen LogP contribution in [0.25, 0.3) is 0 Å². The van der Waals surface area contributed by atoms with Gasteiger partial charge in [0.15, 0.2) is 0 Å². The van der Waals surface area contributed by atoms with Crippen molar-refractivity contribution in [1.82, 2.24) is 14.9 Å². The molecule has 3 aromatic rings. The monoisotopic (exact) mass is 479 g/mol. The van der Waals surface area contributed by atoms with E-state index >= 15 is 0 Å². The molecule has 0 spiro atoms. The number of ether oxygens (including phenoxy) is 1.